The maximum Gasteiger partial charge on any atom is 0.255 e. The van der Waals surface area contributed by atoms with Gasteiger partial charge in [-0.25, -0.2) is 19.3 Å². The number of likely N-dealkylation sites (tertiary alicyclic amines) is 1. The van der Waals surface area contributed by atoms with E-state index < -0.39 is 5.82 Å². The van der Waals surface area contributed by atoms with Gasteiger partial charge in [-0.2, -0.15) is 0 Å². The molecular formula is C22H19FN4O2. The van der Waals surface area contributed by atoms with Crippen molar-refractivity contribution in [2.24, 2.45) is 5.92 Å². The zero-order valence-electron chi connectivity index (χ0n) is 15.6. The first kappa shape index (κ1) is 17.7. The number of ether oxygens (including phenoxy) is 1. The summed E-state index contributed by atoms with van der Waals surface area (Å²) in [6.07, 6.45) is 6.43. The molecule has 2 bridgehead atoms. The summed E-state index contributed by atoms with van der Waals surface area (Å²) < 4.78 is 20.7. The number of benzene rings is 1. The maximum atomic E-state index is 14.7. The average Bonchev–Trinajstić information content (AvgIpc) is 3.35. The molecule has 1 amide bonds. The predicted molar refractivity (Wildman–Crippen MR) is 104 cm³/mol. The van der Waals surface area contributed by atoms with Crippen molar-refractivity contribution < 1.29 is 13.9 Å². The zero-order valence-corrected chi connectivity index (χ0v) is 15.6. The number of hydrogen-bond donors (Lipinski definition) is 0. The van der Waals surface area contributed by atoms with E-state index in [-0.39, 0.29) is 35.0 Å². The molecule has 2 aliphatic rings. The molecule has 29 heavy (non-hydrogen) atoms. The van der Waals surface area contributed by atoms with Crippen LogP contribution in [0, 0.1) is 11.7 Å². The molecule has 5 rings (SSSR count). The Hall–Kier alpha value is -3.35. The van der Waals surface area contributed by atoms with Crippen LogP contribution in [0.1, 0.15) is 23.2 Å². The van der Waals surface area contributed by atoms with Crippen molar-refractivity contribution in [2.75, 3.05) is 6.54 Å². The van der Waals surface area contributed by atoms with Crippen molar-refractivity contribution in [3.8, 4) is 17.3 Å². The first-order valence-electron chi connectivity index (χ1n) is 9.65. The minimum atomic E-state index is -0.507. The molecule has 2 aromatic heterocycles. The first-order chi connectivity index (χ1) is 14.2. The molecule has 1 aromatic carbocycles. The molecule has 3 atom stereocenters. The van der Waals surface area contributed by atoms with Gasteiger partial charge in [0.2, 0.25) is 5.88 Å². The molecule has 1 saturated carbocycles. The third kappa shape index (κ3) is 3.22. The lowest BCUT2D eigenvalue weighted by Gasteiger charge is -2.33. The Kier molecular flexibility index (Phi) is 4.42. The highest BCUT2D eigenvalue weighted by atomic mass is 19.1. The van der Waals surface area contributed by atoms with Gasteiger partial charge in [0, 0.05) is 31.2 Å². The van der Waals surface area contributed by atoms with Gasteiger partial charge in [-0.1, -0.05) is 12.1 Å². The molecule has 6 nitrogen and oxygen atoms in total. The Bertz CT molecular complexity index is 1030. The van der Waals surface area contributed by atoms with Crippen LogP contribution in [0.5, 0.6) is 5.88 Å². The lowest BCUT2D eigenvalue weighted by Crippen LogP contribution is -2.47. The van der Waals surface area contributed by atoms with Crippen LogP contribution in [0.25, 0.3) is 11.4 Å². The fourth-order valence-corrected chi connectivity index (χ4v) is 4.41. The van der Waals surface area contributed by atoms with Gasteiger partial charge in [-0.3, -0.25) is 4.79 Å². The summed E-state index contributed by atoms with van der Waals surface area (Å²) in [4.78, 5) is 27.7. The fraction of sp³-hybridized carbons (Fsp3) is 0.273. The van der Waals surface area contributed by atoms with Crippen LogP contribution >= 0.6 is 0 Å². The normalized spacial score (nSPS) is 22.7. The molecule has 2 fully saturated rings. The summed E-state index contributed by atoms with van der Waals surface area (Å²) >= 11 is 0. The molecule has 3 heterocycles. The van der Waals surface area contributed by atoms with E-state index in [0.29, 0.717) is 18.3 Å². The van der Waals surface area contributed by atoms with Crippen molar-refractivity contribution in [3.05, 3.63) is 72.4 Å². The van der Waals surface area contributed by atoms with E-state index in [1.165, 1.54) is 18.5 Å². The number of aromatic nitrogens is 3. The molecule has 0 spiro atoms. The lowest BCUT2D eigenvalue weighted by molar-refractivity contribution is 0.0467. The van der Waals surface area contributed by atoms with Gasteiger partial charge in [0.05, 0.1) is 17.2 Å². The summed E-state index contributed by atoms with van der Waals surface area (Å²) in [7, 11) is 0. The Labute approximate surface area is 167 Å². The van der Waals surface area contributed by atoms with Crippen molar-refractivity contribution in [3.63, 3.8) is 0 Å². The molecule has 1 saturated heterocycles. The summed E-state index contributed by atoms with van der Waals surface area (Å²) in [5.74, 6) is 0.422. The van der Waals surface area contributed by atoms with Gasteiger partial charge in [0.15, 0.2) is 5.82 Å². The Morgan fingerprint density at radius 3 is 2.59 bits per heavy atom. The van der Waals surface area contributed by atoms with Gasteiger partial charge in [-0.05, 0) is 43.0 Å². The quantitative estimate of drug-likeness (QED) is 0.683. The smallest absolute Gasteiger partial charge is 0.255 e. The number of carbonyl (C=O) groups is 1. The first-order valence-corrected chi connectivity index (χ1v) is 9.65. The standard InChI is InChI=1S/C22H19FN4O2/c23-16-6-3-5-15(20(16)21-25-9-4-10-26-21)22(28)27-13-14-11-17(27)18(12-14)29-19-7-1-2-8-24-19/h1-10,14,17-18H,11-13H2/t14-,17+,18-/m1/s1. The number of carbonyl (C=O) groups excluding carboxylic acids is 1. The Morgan fingerprint density at radius 2 is 1.83 bits per heavy atom. The number of halogens is 1. The van der Waals surface area contributed by atoms with E-state index in [1.54, 1.807) is 24.4 Å². The van der Waals surface area contributed by atoms with Crippen molar-refractivity contribution in [2.45, 2.75) is 25.0 Å². The van der Waals surface area contributed by atoms with E-state index in [9.17, 15) is 9.18 Å². The average molecular weight is 390 g/mol. The van der Waals surface area contributed by atoms with Gasteiger partial charge < -0.3 is 9.64 Å². The third-order valence-electron chi connectivity index (χ3n) is 5.63. The number of fused-ring (bicyclic) bond motifs is 2. The summed E-state index contributed by atoms with van der Waals surface area (Å²) in [6.45, 7) is 0.650. The monoisotopic (exact) mass is 390 g/mol. The number of rotatable bonds is 4. The van der Waals surface area contributed by atoms with Crippen LogP contribution in [-0.4, -0.2) is 44.4 Å². The van der Waals surface area contributed by atoms with Crippen molar-refractivity contribution >= 4 is 5.91 Å². The van der Waals surface area contributed by atoms with Gasteiger partial charge in [0.1, 0.15) is 11.9 Å². The number of hydrogen-bond acceptors (Lipinski definition) is 5. The minimum Gasteiger partial charge on any atom is -0.472 e. The Balaban J connectivity index is 1.44. The molecule has 0 unspecified atom stereocenters. The molecule has 146 valence electrons. The fourth-order valence-electron chi connectivity index (χ4n) is 4.41. The topological polar surface area (TPSA) is 68.2 Å². The van der Waals surface area contributed by atoms with Crippen LogP contribution in [0.2, 0.25) is 0 Å². The van der Waals surface area contributed by atoms with Crippen molar-refractivity contribution in [1.29, 1.82) is 0 Å². The summed E-state index contributed by atoms with van der Waals surface area (Å²) in [5, 5.41) is 0. The second kappa shape index (κ2) is 7.24. The highest BCUT2D eigenvalue weighted by Gasteiger charge is 2.48. The molecule has 3 aromatic rings. The van der Waals surface area contributed by atoms with Crippen LogP contribution < -0.4 is 4.74 Å². The lowest BCUT2D eigenvalue weighted by atomic mass is 10.0. The largest absolute Gasteiger partial charge is 0.472 e. The maximum absolute atomic E-state index is 14.7. The van der Waals surface area contributed by atoms with Crippen LogP contribution in [0.4, 0.5) is 4.39 Å². The van der Waals surface area contributed by atoms with E-state index in [2.05, 4.69) is 15.0 Å². The van der Waals surface area contributed by atoms with Gasteiger partial charge in [-0.15, -0.1) is 0 Å². The summed E-state index contributed by atoms with van der Waals surface area (Å²) in [5.41, 5.74) is 0.420. The number of nitrogens with zero attached hydrogens (tertiary/aromatic N) is 4. The summed E-state index contributed by atoms with van der Waals surface area (Å²) in [6, 6.07) is 11.6. The highest BCUT2D eigenvalue weighted by Crippen LogP contribution is 2.41. The van der Waals surface area contributed by atoms with Crippen LogP contribution in [0.15, 0.2) is 61.1 Å². The number of amides is 1. The molecule has 0 N–H and O–H groups in total. The van der Waals surface area contributed by atoms with Crippen molar-refractivity contribution in [1.82, 2.24) is 19.9 Å². The van der Waals surface area contributed by atoms with E-state index in [1.807, 2.05) is 23.1 Å². The van der Waals surface area contributed by atoms with Gasteiger partial charge >= 0.3 is 0 Å². The molecular weight excluding hydrogens is 371 g/mol. The number of pyridine rings is 1. The van der Waals surface area contributed by atoms with E-state index in [4.69, 9.17) is 4.74 Å². The zero-order chi connectivity index (χ0) is 19.8. The second-order valence-electron chi connectivity index (χ2n) is 7.42. The van der Waals surface area contributed by atoms with E-state index >= 15 is 0 Å². The van der Waals surface area contributed by atoms with E-state index in [0.717, 1.165) is 12.8 Å². The molecule has 7 heteroatoms. The SMILES string of the molecule is O=C(c1cccc(F)c1-c1ncccn1)N1C[C@H]2C[C@@H](Oc3ccccn3)[C@@H]1C2. The highest BCUT2D eigenvalue weighted by molar-refractivity contribution is 6.00. The predicted octanol–water partition coefficient (Wildman–Crippen LogP) is 3.36. The molecule has 1 aliphatic carbocycles. The second-order valence-corrected chi connectivity index (χ2v) is 7.42. The van der Waals surface area contributed by atoms with Crippen LogP contribution in [-0.2, 0) is 0 Å². The van der Waals surface area contributed by atoms with Crippen LogP contribution in [0.3, 0.4) is 0 Å². The Morgan fingerprint density at radius 1 is 1.00 bits per heavy atom. The third-order valence-corrected chi connectivity index (χ3v) is 5.63. The molecule has 1 aliphatic heterocycles. The number of piperidine rings is 1. The molecule has 0 radical (unpaired) electrons. The minimum absolute atomic E-state index is 0.0534. The van der Waals surface area contributed by atoms with Gasteiger partial charge in [0.25, 0.3) is 5.91 Å².